The van der Waals surface area contributed by atoms with E-state index in [0.29, 0.717) is 5.56 Å². The van der Waals surface area contributed by atoms with Crippen molar-refractivity contribution in [3.63, 3.8) is 0 Å². The molecule has 0 aliphatic carbocycles. The molecule has 1 amide bonds. The van der Waals surface area contributed by atoms with Gasteiger partial charge in [0.25, 0.3) is 5.91 Å². The normalized spacial score (nSPS) is 10.3. The van der Waals surface area contributed by atoms with Crippen LogP contribution >= 0.6 is 0 Å². The van der Waals surface area contributed by atoms with Crippen LogP contribution in [0.4, 0.5) is 11.4 Å². The molecule has 3 heteroatoms. The van der Waals surface area contributed by atoms with Gasteiger partial charge in [0, 0.05) is 23.5 Å². The second kappa shape index (κ2) is 7.67. The van der Waals surface area contributed by atoms with E-state index in [1.807, 2.05) is 55.5 Å². The Hall–Kier alpha value is -3.07. The first kappa shape index (κ1) is 16.8. The molecule has 126 valence electrons. The van der Waals surface area contributed by atoms with E-state index in [1.54, 1.807) is 0 Å². The molecule has 3 aromatic carbocycles. The summed E-state index contributed by atoms with van der Waals surface area (Å²) in [5.74, 6) is -0.0847. The Balaban J connectivity index is 1.60. The maximum Gasteiger partial charge on any atom is 0.255 e. The lowest BCUT2D eigenvalue weighted by Gasteiger charge is -2.10. The number of nitrogens with one attached hydrogen (secondary N) is 2. The van der Waals surface area contributed by atoms with Crippen LogP contribution in [0.25, 0.3) is 0 Å². The van der Waals surface area contributed by atoms with Crippen molar-refractivity contribution < 1.29 is 4.79 Å². The van der Waals surface area contributed by atoms with E-state index in [-0.39, 0.29) is 5.91 Å². The molecule has 0 fully saturated rings. The first-order valence-corrected chi connectivity index (χ1v) is 8.38. The number of carbonyl (C=O) groups excluding carboxylic acids is 1. The topological polar surface area (TPSA) is 41.1 Å². The predicted molar refractivity (Wildman–Crippen MR) is 104 cm³/mol. The summed E-state index contributed by atoms with van der Waals surface area (Å²) in [7, 11) is 0. The number of benzene rings is 3. The summed E-state index contributed by atoms with van der Waals surface area (Å²) in [6.07, 6.45) is 0. The van der Waals surface area contributed by atoms with Gasteiger partial charge in [0.2, 0.25) is 0 Å². The Kier molecular flexibility index (Phi) is 5.14. The highest BCUT2D eigenvalue weighted by molar-refractivity contribution is 6.05. The van der Waals surface area contributed by atoms with Crippen LogP contribution in [0.2, 0.25) is 0 Å². The van der Waals surface area contributed by atoms with Crippen molar-refractivity contribution >= 4 is 17.3 Å². The van der Waals surface area contributed by atoms with E-state index in [2.05, 4.69) is 41.8 Å². The quantitative estimate of drug-likeness (QED) is 0.678. The summed E-state index contributed by atoms with van der Waals surface area (Å²) in [6.45, 7) is 4.80. The summed E-state index contributed by atoms with van der Waals surface area (Å²) >= 11 is 0. The molecule has 0 heterocycles. The van der Waals surface area contributed by atoms with E-state index in [9.17, 15) is 4.79 Å². The third kappa shape index (κ3) is 4.48. The van der Waals surface area contributed by atoms with Crippen LogP contribution in [0.5, 0.6) is 0 Å². The number of carbonyl (C=O) groups is 1. The molecule has 3 nitrogen and oxygen atoms in total. The third-order valence-electron chi connectivity index (χ3n) is 4.11. The Bertz CT molecular complexity index is 869. The van der Waals surface area contributed by atoms with Crippen molar-refractivity contribution in [2.45, 2.75) is 20.4 Å². The zero-order valence-corrected chi connectivity index (χ0v) is 14.5. The molecule has 0 aliphatic rings. The van der Waals surface area contributed by atoms with Gasteiger partial charge in [-0.1, -0.05) is 48.0 Å². The molecule has 0 atom stereocenters. The van der Waals surface area contributed by atoms with Gasteiger partial charge in [-0.15, -0.1) is 0 Å². The van der Waals surface area contributed by atoms with E-state index >= 15 is 0 Å². The second-order valence-electron chi connectivity index (χ2n) is 6.19. The molecule has 0 unspecified atom stereocenters. The van der Waals surface area contributed by atoms with Gasteiger partial charge < -0.3 is 10.6 Å². The highest BCUT2D eigenvalue weighted by Gasteiger charge is 2.08. The first-order valence-electron chi connectivity index (χ1n) is 8.38. The van der Waals surface area contributed by atoms with Gasteiger partial charge in [-0.25, -0.2) is 0 Å². The minimum absolute atomic E-state index is 0.0847. The average Bonchev–Trinajstić information content (AvgIpc) is 2.61. The molecule has 3 aromatic rings. The van der Waals surface area contributed by atoms with Crippen LogP contribution in [0.3, 0.4) is 0 Å². The molecule has 0 bridgehead atoms. The second-order valence-corrected chi connectivity index (χ2v) is 6.19. The molecule has 0 saturated carbocycles. The standard InChI is InChI=1S/C22H22N2O/c1-16-6-5-8-18(14-16)15-23-19-10-12-20(13-11-19)24-22(25)21-9-4-3-7-17(21)2/h3-14,23H,15H2,1-2H3,(H,24,25). The third-order valence-corrected chi connectivity index (χ3v) is 4.11. The molecule has 3 rings (SSSR count). The van der Waals surface area contributed by atoms with Crippen LogP contribution in [0.1, 0.15) is 27.0 Å². The van der Waals surface area contributed by atoms with Crippen LogP contribution < -0.4 is 10.6 Å². The van der Waals surface area contributed by atoms with Crippen LogP contribution in [0, 0.1) is 13.8 Å². The predicted octanol–water partition coefficient (Wildman–Crippen LogP) is 5.17. The van der Waals surface area contributed by atoms with Gasteiger partial charge in [-0.2, -0.15) is 0 Å². The number of rotatable bonds is 5. The van der Waals surface area contributed by atoms with Crippen molar-refractivity contribution in [1.29, 1.82) is 0 Å². The van der Waals surface area contributed by atoms with Gasteiger partial charge in [-0.05, 0) is 55.3 Å². The molecule has 0 saturated heterocycles. The van der Waals surface area contributed by atoms with Crippen molar-refractivity contribution in [1.82, 2.24) is 0 Å². The molecule has 2 N–H and O–H groups in total. The summed E-state index contributed by atoms with van der Waals surface area (Å²) in [4.78, 5) is 12.3. The SMILES string of the molecule is Cc1cccc(CNc2ccc(NC(=O)c3ccccc3C)cc2)c1. The monoisotopic (exact) mass is 330 g/mol. The maximum atomic E-state index is 12.3. The van der Waals surface area contributed by atoms with Crippen LogP contribution in [-0.2, 0) is 6.54 Å². The Morgan fingerprint density at radius 3 is 2.28 bits per heavy atom. The Morgan fingerprint density at radius 2 is 1.56 bits per heavy atom. The van der Waals surface area contributed by atoms with Crippen LogP contribution in [0.15, 0.2) is 72.8 Å². The van der Waals surface area contributed by atoms with Crippen LogP contribution in [-0.4, -0.2) is 5.91 Å². The number of amides is 1. The summed E-state index contributed by atoms with van der Waals surface area (Å²) in [5.41, 5.74) is 5.98. The van der Waals surface area contributed by atoms with Gasteiger partial charge in [0.15, 0.2) is 0 Å². The molecule has 25 heavy (non-hydrogen) atoms. The minimum atomic E-state index is -0.0847. The van der Waals surface area contributed by atoms with E-state index in [4.69, 9.17) is 0 Å². The fourth-order valence-electron chi connectivity index (χ4n) is 2.72. The summed E-state index contributed by atoms with van der Waals surface area (Å²) < 4.78 is 0. The molecule has 0 radical (unpaired) electrons. The zero-order valence-electron chi connectivity index (χ0n) is 14.5. The maximum absolute atomic E-state index is 12.3. The average molecular weight is 330 g/mol. The largest absolute Gasteiger partial charge is 0.381 e. The van der Waals surface area contributed by atoms with Gasteiger partial charge >= 0.3 is 0 Å². The highest BCUT2D eigenvalue weighted by Crippen LogP contribution is 2.17. The lowest BCUT2D eigenvalue weighted by atomic mass is 10.1. The lowest BCUT2D eigenvalue weighted by molar-refractivity contribution is 0.102. The smallest absolute Gasteiger partial charge is 0.255 e. The summed E-state index contributed by atoms with van der Waals surface area (Å²) in [6, 6.07) is 23.8. The Morgan fingerprint density at radius 1 is 0.840 bits per heavy atom. The van der Waals surface area contributed by atoms with Gasteiger partial charge in [-0.3, -0.25) is 4.79 Å². The van der Waals surface area contributed by atoms with E-state index in [0.717, 1.165) is 23.5 Å². The first-order chi connectivity index (χ1) is 12.1. The number of hydrogen-bond donors (Lipinski definition) is 2. The fraction of sp³-hybridized carbons (Fsp3) is 0.136. The molecule has 0 aromatic heterocycles. The van der Waals surface area contributed by atoms with E-state index in [1.165, 1.54) is 11.1 Å². The Labute approximate surface area is 148 Å². The van der Waals surface area contributed by atoms with Crippen molar-refractivity contribution in [3.05, 3.63) is 95.1 Å². The molecular weight excluding hydrogens is 308 g/mol. The van der Waals surface area contributed by atoms with Gasteiger partial charge in [0.1, 0.15) is 0 Å². The molecular formula is C22H22N2O. The van der Waals surface area contributed by atoms with Gasteiger partial charge in [0.05, 0.1) is 0 Å². The van der Waals surface area contributed by atoms with E-state index < -0.39 is 0 Å². The van der Waals surface area contributed by atoms with Crippen molar-refractivity contribution in [2.75, 3.05) is 10.6 Å². The summed E-state index contributed by atoms with van der Waals surface area (Å²) in [5, 5.41) is 6.34. The van der Waals surface area contributed by atoms with Crippen molar-refractivity contribution in [3.8, 4) is 0 Å². The zero-order chi connectivity index (χ0) is 17.6. The molecule has 0 spiro atoms. The highest BCUT2D eigenvalue weighted by atomic mass is 16.1. The molecule has 0 aliphatic heterocycles. The fourth-order valence-corrected chi connectivity index (χ4v) is 2.72. The number of aryl methyl sites for hydroxylation is 2. The minimum Gasteiger partial charge on any atom is -0.381 e. The lowest BCUT2D eigenvalue weighted by Crippen LogP contribution is -2.13. The number of hydrogen-bond acceptors (Lipinski definition) is 2. The van der Waals surface area contributed by atoms with Crippen molar-refractivity contribution in [2.24, 2.45) is 0 Å². The number of anilines is 2.